The number of pyridine rings is 1. The molecule has 174 valence electrons. The maximum absolute atomic E-state index is 12.8. The summed E-state index contributed by atoms with van der Waals surface area (Å²) < 4.78 is 5.38. The third-order valence-corrected chi connectivity index (χ3v) is 6.38. The van der Waals surface area contributed by atoms with E-state index in [1.807, 2.05) is 30.3 Å². The highest BCUT2D eigenvalue weighted by molar-refractivity contribution is 5.98. The molecule has 0 unspecified atom stereocenters. The third kappa shape index (κ3) is 4.32. The molecule has 5 N–H and O–H groups in total. The Bertz CT molecular complexity index is 1340. The molecule has 2 heterocycles. The van der Waals surface area contributed by atoms with Crippen molar-refractivity contribution in [1.82, 2.24) is 20.3 Å². The van der Waals surface area contributed by atoms with Crippen LogP contribution in [0, 0.1) is 0 Å². The van der Waals surface area contributed by atoms with Gasteiger partial charge in [-0.3, -0.25) is 4.79 Å². The fourth-order valence-corrected chi connectivity index (χ4v) is 4.48. The Morgan fingerprint density at radius 2 is 1.94 bits per heavy atom. The molecule has 2 aromatic heterocycles. The number of carbonyl (C=O) groups excluding carboxylic acids is 1. The Labute approximate surface area is 197 Å². The van der Waals surface area contributed by atoms with E-state index in [0.29, 0.717) is 28.3 Å². The lowest BCUT2D eigenvalue weighted by molar-refractivity contribution is 0.0926. The van der Waals surface area contributed by atoms with Gasteiger partial charge >= 0.3 is 0 Å². The number of nitrogens with one attached hydrogen (secondary N) is 2. The summed E-state index contributed by atoms with van der Waals surface area (Å²) in [4.78, 5) is 24.9. The molecule has 1 aliphatic rings. The summed E-state index contributed by atoms with van der Waals surface area (Å²) in [6.07, 6.45) is 5.34. The third-order valence-electron chi connectivity index (χ3n) is 6.38. The molecule has 5 rings (SSSR count). The molecule has 0 aliphatic heterocycles. The molecule has 34 heavy (non-hydrogen) atoms. The van der Waals surface area contributed by atoms with Gasteiger partial charge in [-0.1, -0.05) is 6.07 Å². The van der Waals surface area contributed by atoms with Gasteiger partial charge in [0.25, 0.3) is 5.91 Å². The number of nitrogens with two attached hydrogens (primary N) is 1. The number of aromatic hydroxyl groups is 1. The van der Waals surface area contributed by atoms with Gasteiger partial charge in [-0.05, 0) is 73.7 Å². The van der Waals surface area contributed by atoms with E-state index in [-0.39, 0.29) is 23.7 Å². The summed E-state index contributed by atoms with van der Waals surface area (Å²) in [6.45, 7) is 0. The van der Waals surface area contributed by atoms with E-state index < -0.39 is 0 Å². The first-order valence-electron chi connectivity index (χ1n) is 11.4. The Hall–Kier alpha value is -3.91. The molecular formula is C26H27N5O3. The second-order valence-corrected chi connectivity index (χ2v) is 8.69. The maximum Gasteiger partial charge on any atom is 0.251 e. The largest absolute Gasteiger partial charge is 0.507 e. The summed E-state index contributed by atoms with van der Waals surface area (Å²) in [7, 11) is 1.57. The number of benzene rings is 2. The number of amides is 1. The van der Waals surface area contributed by atoms with Crippen LogP contribution in [0.3, 0.4) is 0 Å². The van der Waals surface area contributed by atoms with Crippen molar-refractivity contribution >= 4 is 16.9 Å². The summed E-state index contributed by atoms with van der Waals surface area (Å²) in [5.41, 5.74) is 10.2. The molecule has 0 spiro atoms. The van der Waals surface area contributed by atoms with Crippen molar-refractivity contribution in [2.75, 3.05) is 7.11 Å². The van der Waals surface area contributed by atoms with Gasteiger partial charge in [0.1, 0.15) is 11.6 Å². The number of aromatic nitrogens is 3. The zero-order valence-electron chi connectivity index (χ0n) is 18.9. The number of fused-ring (bicyclic) bond motifs is 1. The van der Waals surface area contributed by atoms with Gasteiger partial charge in [0, 0.05) is 29.4 Å². The average Bonchev–Trinajstić information content (AvgIpc) is 3.29. The van der Waals surface area contributed by atoms with E-state index in [0.717, 1.165) is 42.3 Å². The first-order chi connectivity index (χ1) is 16.5. The van der Waals surface area contributed by atoms with Gasteiger partial charge < -0.3 is 25.9 Å². The van der Waals surface area contributed by atoms with Crippen LogP contribution in [0.1, 0.15) is 36.0 Å². The van der Waals surface area contributed by atoms with E-state index >= 15 is 0 Å². The van der Waals surface area contributed by atoms with Gasteiger partial charge in [-0.15, -0.1) is 0 Å². The molecule has 1 amide bonds. The number of phenolic OH excluding ortho intramolecular Hbond substituents is 1. The number of methoxy groups -OCH3 is 1. The molecule has 4 aromatic rings. The Morgan fingerprint density at radius 3 is 2.74 bits per heavy atom. The smallest absolute Gasteiger partial charge is 0.251 e. The van der Waals surface area contributed by atoms with Gasteiger partial charge in [0.15, 0.2) is 0 Å². The quantitative estimate of drug-likeness (QED) is 0.359. The summed E-state index contributed by atoms with van der Waals surface area (Å²) in [5.74, 6) is 1.00. The van der Waals surface area contributed by atoms with Gasteiger partial charge in [0.05, 0.1) is 23.7 Å². The molecule has 0 atom stereocenters. The lowest BCUT2D eigenvalue weighted by Crippen LogP contribution is -2.40. The highest BCUT2D eigenvalue weighted by atomic mass is 16.5. The normalized spacial score (nSPS) is 18.1. The number of hydrogen-bond acceptors (Lipinski definition) is 6. The minimum atomic E-state index is -0.105. The summed E-state index contributed by atoms with van der Waals surface area (Å²) >= 11 is 0. The summed E-state index contributed by atoms with van der Waals surface area (Å²) in [5, 5.41) is 13.7. The van der Waals surface area contributed by atoms with Crippen molar-refractivity contribution in [3.63, 3.8) is 0 Å². The van der Waals surface area contributed by atoms with E-state index in [1.54, 1.807) is 31.5 Å². The standard InChI is InChI=1S/C26H27N5O3/c1-34-26-19(3-2-12-28-26)15-5-11-23(32)20(13-15)24-30-21-10-4-16(14-22(21)31-24)25(33)29-18-8-6-17(27)7-9-18/h2-5,10-14,17-18,32H,6-9,27H2,1H3,(H,29,33)(H,30,31). The highest BCUT2D eigenvalue weighted by Gasteiger charge is 2.21. The number of nitrogens with zero attached hydrogens (tertiary/aromatic N) is 2. The lowest BCUT2D eigenvalue weighted by Gasteiger charge is -2.26. The molecule has 8 nitrogen and oxygen atoms in total. The highest BCUT2D eigenvalue weighted by Crippen LogP contribution is 2.35. The zero-order chi connectivity index (χ0) is 23.7. The van der Waals surface area contributed by atoms with Gasteiger partial charge in [0.2, 0.25) is 5.88 Å². The number of aromatic amines is 1. The lowest BCUT2D eigenvalue weighted by atomic mass is 9.91. The predicted molar refractivity (Wildman–Crippen MR) is 131 cm³/mol. The first-order valence-corrected chi connectivity index (χ1v) is 11.4. The van der Waals surface area contributed by atoms with Crippen LogP contribution in [0.4, 0.5) is 0 Å². The second kappa shape index (κ2) is 9.15. The van der Waals surface area contributed by atoms with Crippen molar-refractivity contribution in [3.8, 4) is 34.1 Å². The van der Waals surface area contributed by atoms with Crippen molar-refractivity contribution in [3.05, 3.63) is 60.3 Å². The number of rotatable bonds is 5. The minimum Gasteiger partial charge on any atom is -0.507 e. The monoisotopic (exact) mass is 457 g/mol. The van der Waals surface area contributed by atoms with Gasteiger partial charge in [-0.25, -0.2) is 9.97 Å². The number of hydrogen-bond donors (Lipinski definition) is 4. The van der Waals surface area contributed by atoms with Crippen molar-refractivity contribution in [2.45, 2.75) is 37.8 Å². The molecule has 0 saturated heterocycles. The SMILES string of the molecule is COc1ncccc1-c1ccc(O)c(-c2nc3ccc(C(=O)NC4CCC(N)CC4)cc3[nH]2)c1. The first kappa shape index (κ1) is 21.9. The molecule has 8 heteroatoms. The average molecular weight is 458 g/mol. The molecule has 0 bridgehead atoms. The fourth-order valence-electron chi connectivity index (χ4n) is 4.48. The van der Waals surface area contributed by atoms with E-state index in [1.165, 1.54) is 0 Å². The molecule has 1 aliphatic carbocycles. The van der Waals surface area contributed by atoms with Crippen LogP contribution in [-0.2, 0) is 0 Å². The van der Waals surface area contributed by atoms with Crippen molar-refractivity contribution in [2.24, 2.45) is 5.73 Å². The van der Waals surface area contributed by atoms with Crippen molar-refractivity contribution in [1.29, 1.82) is 0 Å². The number of ether oxygens (including phenoxy) is 1. The van der Waals surface area contributed by atoms with E-state index in [4.69, 9.17) is 10.5 Å². The Balaban J connectivity index is 1.43. The number of phenols is 1. The number of imidazole rings is 1. The molecular weight excluding hydrogens is 430 g/mol. The van der Waals surface area contributed by atoms with Gasteiger partial charge in [-0.2, -0.15) is 0 Å². The fraction of sp³-hybridized carbons (Fsp3) is 0.269. The van der Waals surface area contributed by atoms with Crippen LogP contribution in [0.2, 0.25) is 0 Å². The summed E-state index contributed by atoms with van der Waals surface area (Å²) in [6, 6.07) is 14.8. The molecule has 1 fully saturated rings. The zero-order valence-corrected chi connectivity index (χ0v) is 18.9. The van der Waals surface area contributed by atoms with E-state index in [2.05, 4.69) is 20.3 Å². The Morgan fingerprint density at radius 1 is 1.12 bits per heavy atom. The molecule has 2 aromatic carbocycles. The van der Waals surface area contributed by atoms with Crippen LogP contribution in [0.15, 0.2) is 54.7 Å². The molecule has 0 radical (unpaired) electrons. The van der Waals surface area contributed by atoms with Crippen LogP contribution in [0.25, 0.3) is 33.5 Å². The molecule has 1 saturated carbocycles. The second-order valence-electron chi connectivity index (χ2n) is 8.69. The van der Waals surface area contributed by atoms with Crippen LogP contribution >= 0.6 is 0 Å². The van der Waals surface area contributed by atoms with Crippen LogP contribution in [-0.4, -0.2) is 45.2 Å². The number of carbonyl (C=O) groups is 1. The van der Waals surface area contributed by atoms with Crippen molar-refractivity contribution < 1.29 is 14.6 Å². The van der Waals surface area contributed by atoms with Crippen LogP contribution < -0.4 is 15.8 Å². The topological polar surface area (TPSA) is 126 Å². The van der Waals surface area contributed by atoms with E-state index in [9.17, 15) is 9.90 Å². The van der Waals surface area contributed by atoms with Crippen LogP contribution in [0.5, 0.6) is 11.6 Å². The predicted octanol–water partition coefficient (Wildman–Crippen LogP) is 4.01. The maximum atomic E-state index is 12.8. The minimum absolute atomic E-state index is 0.0964. The Kier molecular flexibility index (Phi) is 5.90. The number of H-pyrrole nitrogens is 1.